The van der Waals surface area contributed by atoms with Crippen LogP contribution in [-0.4, -0.2) is 0 Å². The van der Waals surface area contributed by atoms with Gasteiger partial charge in [-0.25, -0.2) is 9.82 Å². The van der Waals surface area contributed by atoms with Crippen LogP contribution in [0, 0.1) is 12.7 Å². The van der Waals surface area contributed by atoms with E-state index < -0.39 is 0 Å². The Morgan fingerprint density at radius 1 is 1.26 bits per heavy atom. The molecule has 0 saturated carbocycles. The number of nitrogens with one attached hydrogen (secondary N) is 1. The molecule has 0 heterocycles. The zero-order chi connectivity index (χ0) is 14.0. The maximum atomic E-state index is 13.4. The third-order valence-corrected chi connectivity index (χ3v) is 4.40. The monoisotopic (exact) mass is 342 g/mol. The molecule has 0 spiro atoms. The van der Waals surface area contributed by atoms with Gasteiger partial charge in [0.1, 0.15) is 5.82 Å². The minimum Gasteiger partial charge on any atom is -0.271 e. The SMILES string of the molecule is Cc1cccc(C(NN)c2cc(F)ccc2Cl)c1Br. The van der Waals surface area contributed by atoms with Crippen molar-refractivity contribution in [3.05, 3.63) is 68.4 Å². The Kier molecular flexibility index (Phi) is 4.58. The summed E-state index contributed by atoms with van der Waals surface area (Å²) in [5.74, 6) is 5.28. The normalized spacial score (nSPS) is 12.5. The summed E-state index contributed by atoms with van der Waals surface area (Å²) < 4.78 is 14.3. The third kappa shape index (κ3) is 2.98. The maximum Gasteiger partial charge on any atom is 0.123 e. The molecule has 19 heavy (non-hydrogen) atoms. The van der Waals surface area contributed by atoms with Gasteiger partial charge in [-0.3, -0.25) is 5.84 Å². The zero-order valence-electron chi connectivity index (χ0n) is 10.3. The van der Waals surface area contributed by atoms with Crippen LogP contribution in [0.5, 0.6) is 0 Å². The van der Waals surface area contributed by atoms with Crippen molar-refractivity contribution in [2.24, 2.45) is 5.84 Å². The molecular weight excluding hydrogens is 331 g/mol. The van der Waals surface area contributed by atoms with Crippen LogP contribution in [0.25, 0.3) is 0 Å². The van der Waals surface area contributed by atoms with Crippen molar-refractivity contribution in [2.45, 2.75) is 13.0 Å². The summed E-state index contributed by atoms with van der Waals surface area (Å²) in [5.41, 5.74) is 5.28. The number of nitrogens with two attached hydrogens (primary N) is 1. The summed E-state index contributed by atoms with van der Waals surface area (Å²) in [7, 11) is 0. The summed E-state index contributed by atoms with van der Waals surface area (Å²) in [5, 5.41) is 0.470. The van der Waals surface area contributed by atoms with Crippen LogP contribution < -0.4 is 11.3 Å². The van der Waals surface area contributed by atoms with E-state index in [0.29, 0.717) is 10.6 Å². The van der Waals surface area contributed by atoms with Crippen LogP contribution in [0.15, 0.2) is 40.9 Å². The molecule has 2 rings (SSSR count). The topological polar surface area (TPSA) is 38.0 Å². The van der Waals surface area contributed by atoms with Gasteiger partial charge in [0.25, 0.3) is 0 Å². The summed E-state index contributed by atoms with van der Waals surface area (Å²) in [6, 6.07) is 9.69. The van der Waals surface area contributed by atoms with E-state index in [1.54, 1.807) is 0 Å². The lowest BCUT2D eigenvalue weighted by molar-refractivity contribution is 0.604. The van der Waals surface area contributed by atoms with E-state index in [-0.39, 0.29) is 11.9 Å². The Bertz CT molecular complexity index is 602. The molecule has 0 radical (unpaired) electrons. The average molecular weight is 344 g/mol. The minimum atomic E-state index is -0.377. The van der Waals surface area contributed by atoms with Gasteiger partial charge in [-0.05, 0) is 41.8 Å². The van der Waals surface area contributed by atoms with Crippen LogP contribution in [-0.2, 0) is 0 Å². The highest BCUT2D eigenvalue weighted by Gasteiger charge is 2.19. The molecule has 2 nitrogen and oxygen atoms in total. The summed E-state index contributed by atoms with van der Waals surface area (Å²) in [6.45, 7) is 1.98. The Morgan fingerprint density at radius 3 is 2.68 bits per heavy atom. The van der Waals surface area contributed by atoms with Gasteiger partial charge in [-0.15, -0.1) is 0 Å². The van der Waals surface area contributed by atoms with Crippen molar-refractivity contribution in [2.75, 3.05) is 0 Å². The molecule has 1 unspecified atom stereocenters. The quantitative estimate of drug-likeness (QED) is 0.650. The smallest absolute Gasteiger partial charge is 0.123 e. The van der Waals surface area contributed by atoms with Crippen molar-refractivity contribution in [1.82, 2.24) is 5.43 Å². The van der Waals surface area contributed by atoms with Crippen LogP contribution in [0.4, 0.5) is 4.39 Å². The molecule has 0 aromatic heterocycles. The second kappa shape index (κ2) is 6.01. The van der Waals surface area contributed by atoms with Gasteiger partial charge in [0.05, 0.1) is 6.04 Å². The van der Waals surface area contributed by atoms with Gasteiger partial charge in [0, 0.05) is 9.50 Å². The first-order chi connectivity index (χ1) is 9.04. The van der Waals surface area contributed by atoms with Gasteiger partial charge in [0.15, 0.2) is 0 Å². The summed E-state index contributed by atoms with van der Waals surface area (Å²) in [6.07, 6.45) is 0. The first kappa shape index (κ1) is 14.5. The van der Waals surface area contributed by atoms with E-state index in [1.165, 1.54) is 18.2 Å². The standard InChI is InChI=1S/C14H13BrClFN2/c1-8-3-2-4-10(13(8)15)14(19-18)11-7-9(17)5-6-12(11)16/h2-7,14,19H,18H2,1H3. The van der Waals surface area contributed by atoms with E-state index in [2.05, 4.69) is 21.4 Å². The van der Waals surface area contributed by atoms with Gasteiger partial charge >= 0.3 is 0 Å². The molecule has 0 amide bonds. The van der Waals surface area contributed by atoms with Gasteiger partial charge in [-0.1, -0.05) is 45.7 Å². The predicted octanol–water partition coefficient (Wildman–Crippen LogP) is 4.10. The molecule has 0 aliphatic rings. The van der Waals surface area contributed by atoms with E-state index >= 15 is 0 Å². The highest BCUT2D eigenvalue weighted by molar-refractivity contribution is 9.10. The second-order valence-corrected chi connectivity index (χ2v) is 5.44. The van der Waals surface area contributed by atoms with Gasteiger partial charge < -0.3 is 0 Å². The van der Waals surface area contributed by atoms with E-state index in [1.807, 2.05) is 25.1 Å². The van der Waals surface area contributed by atoms with E-state index in [0.717, 1.165) is 15.6 Å². The fourth-order valence-electron chi connectivity index (χ4n) is 1.98. The van der Waals surface area contributed by atoms with Crippen molar-refractivity contribution in [3.63, 3.8) is 0 Å². The highest BCUT2D eigenvalue weighted by Crippen LogP contribution is 2.33. The largest absolute Gasteiger partial charge is 0.271 e. The molecule has 100 valence electrons. The fourth-order valence-corrected chi connectivity index (χ4v) is 2.70. The lowest BCUT2D eigenvalue weighted by atomic mass is 9.97. The number of hydrogen-bond donors (Lipinski definition) is 2. The van der Waals surface area contributed by atoms with Gasteiger partial charge in [0.2, 0.25) is 0 Å². The molecule has 2 aromatic carbocycles. The third-order valence-electron chi connectivity index (χ3n) is 2.97. The average Bonchev–Trinajstić information content (AvgIpc) is 2.39. The lowest BCUT2D eigenvalue weighted by Gasteiger charge is -2.20. The first-order valence-electron chi connectivity index (χ1n) is 5.70. The molecule has 0 aliphatic carbocycles. The van der Waals surface area contributed by atoms with Crippen LogP contribution >= 0.6 is 27.5 Å². The number of rotatable bonds is 3. The Balaban J connectivity index is 2.56. The van der Waals surface area contributed by atoms with Crippen molar-refractivity contribution in [3.8, 4) is 0 Å². The zero-order valence-corrected chi connectivity index (χ0v) is 12.6. The minimum absolute atomic E-state index is 0.344. The first-order valence-corrected chi connectivity index (χ1v) is 6.87. The molecule has 1 atom stereocenters. The van der Waals surface area contributed by atoms with Crippen LogP contribution in [0.2, 0.25) is 5.02 Å². The molecule has 0 aliphatic heterocycles. The molecule has 3 N–H and O–H groups in total. The van der Waals surface area contributed by atoms with Crippen molar-refractivity contribution in [1.29, 1.82) is 0 Å². The van der Waals surface area contributed by atoms with Crippen LogP contribution in [0.3, 0.4) is 0 Å². The number of benzene rings is 2. The summed E-state index contributed by atoms with van der Waals surface area (Å²) in [4.78, 5) is 0. The Morgan fingerprint density at radius 2 is 2.00 bits per heavy atom. The van der Waals surface area contributed by atoms with Crippen molar-refractivity contribution < 1.29 is 4.39 Å². The van der Waals surface area contributed by atoms with Gasteiger partial charge in [-0.2, -0.15) is 0 Å². The number of hydrogen-bond acceptors (Lipinski definition) is 2. The Labute approximate surface area is 124 Å². The number of halogens is 3. The molecule has 0 saturated heterocycles. The molecule has 5 heteroatoms. The second-order valence-electron chi connectivity index (χ2n) is 4.24. The van der Waals surface area contributed by atoms with E-state index in [9.17, 15) is 4.39 Å². The number of hydrazine groups is 1. The van der Waals surface area contributed by atoms with Crippen molar-refractivity contribution >= 4 is 27.5 Å². The Hall–Kier alpha value is -0.940. The molecule has 2 aromatic rings. The molecule has 0 fully saturated rings. The van der Waals surface area contributed by atoms with E-state index in [4.69, 9.17) is 17.4 Å². The number of aryl methyl sites for hydroxylation is 1. The molecular formula is C14H13BrClFN2. The maximum absolute atomic E-state index is 13.4. The predicted molar refractivity (Wildman–Crippen MR) is 79.5 cm³/mol. The summed E-state index contributed by atoms with van der Waals surface area (Å²) >= 11 is 9.66. The fraction of sp³-hybridized carbons (Fsp3) is 0.143. The highest BCUT2D eigenvalue weighted by atomic mass is 79.9. The van der Waals surface area contributed by atoms with Crippen LogP contribution in [0.1, 0.15) is 22.7 Å². The lowest BCUT2D eigenvalue weighted by Crippen LogP contribution is -2.29. The molecule has 0 bridgehead atoms.